The number of ketones is 1. The molecule has 2 heteroatoms. The molecule has 0 heterocycles. The molecule has 12 heavy (non-hydrogen) atoms. The van der Waals surface area contributed by atoms with Crippen molar-refractivity contribution in [3.05, 3.63) is 11.6 Å². The minimum atomic E-state index is -0.536. The van der Waals surface area contributed by atoms with Crippen molar-refractivity contribution in [3.8, 4) is 6.07 Å². The summed E-state index contributed by atoms with van der Waals surface area (Å²) in [6.45, 7) is 7.33. The van der Waals surface area contributed by atoms with E-state index in [1.807, 2.05) is 19.9 Å². The first-order valence-corrected chi connectivity index (χ1v) is 3.96. The summed E-state index contributed by atoms with van der Waals surface area (Å²) in [5.41, 5.74) is 0.442. The van der Waals surface area contributed by atoms with Crippen LogP contribution in [0.1, 0.15) is 34.1 Å². The molecule has 0 spiro atoms. The molecule has 0 N–H and O–H groups in total. The molecule has 2 nitrogen and oxygen atoms in total. The Morgan fingerprint density at radius 2 is 2.00 bits per heavy atom. The number of carbonyl (C=O) groups excluding carboxylic acids is 1. The van der Waals surface area contributed by atoms with E-state index in [1.165, 1.54) is 0 Å². The Balaban J connectivity index is 4.49. The average Bonchev–Trinajstić information content (AvgIpc) is 1.85. The molecule has 0 bridgehead atoms. The molecular formula is C10H15NO. The van der Waals surface area contributed by atoms with Gasteiger partial charge in [-0.3, -0.25) is 4.79 Å². The molecule has 0 rings (SSSR count). The van der Waals surface area contributed by atoms with E-state index < -0.39 is 5.41 Å². The minimum absolute atomic E-state index is 0.0315. The lowest BCUT2D eigenvalue weighted by atomic mass is 9.84. The number of nitriles is 1. The lowest BCUT2D eigenvalue weighted by molar-refractivity contribution is -0.122. The first-order chi connectivity index (χ1) is 5.40. The summed E-state index contributed by atoms with van der Waals surface area (Å²) in [7, 11) is 0. The lowest BCUT2D eigenvalue weighted by Crippen LogP contribution is -2.21. The van der Waals surface area contributed by atoms with E-state index in [0.717, 1.165) is 5.57 Å². The van der Waals surface area contributed by atoms with Crippen LogP contribution in [0.5, 0.6) is 0 Å². The first kappa shape index (κ1) is 10.9. The molecule has 0 aromatic heterocycles. The van der Waals surface area contributed by atoms with Crippen molar-refractivity contribution >= 4 is 5.78 Å². The molecule has 0 aromatic rings. The number of hydrogen-bond donors (Lipinski definition) is 0. The van der Waals surface area contributed by atoms with Gasteiger partial charge in [0.15, 0.2) is 5.78 Å². The number of nitrogens with zero attached hydrogens (tertiary/aromatic N) is 1. The zero-order chi connectivity index (χ0) is 9.78. The third kappa shape index (κ3) is 3.34. The Hall–Kier alpha value is -1.10. The van der Waals surface area contributed by atoms with E-state index in [-0.39, 0.29) is 12.2 Å². The topological polar surface area (TPSA) is 40.9 Å². The summed E-state index contributed by atoms with van der Waals surface area (Å²) in [6.07, 6.45) is 1.87. The highest BCUT2D eigenvalue weighted by molar-refractivity contribution is 5.94. The second-order valence-electron chi connectivity index (χ2n) is 3.80. The SMILES string of the molecule is CC(C)=CC(=O)C(C)(C)CC#N. The van der Waals surface area contributed by atoms with Gasteiger partial charge < -0.3 is 0 Å². The molecule has 0 aliphatic carbocycles. The van der Waals surface area contributed by atoms with Crippen molar-refractivity contribution in [2.45, 2.75) is 34.1 Å². The molecule has 0 atom stereocenters. The van der Waals surface area contributed by atoms with Crippen LogP contribution in [0.15, 0.2) is 11.6 Å². The van der Waals surface area contributed by atoms with Crippen molar-refractivity contribution < 1.29 is 4.79 Å². The second-order valence-corrected chi connectivity index (χ2v) is 3.80. The standard InChI is InChI=1S/C10H15NO/c1-8(2)7-9(12)10(3,4)5-6-11/h7H,5H2,1-4H3. The van der Waals surface area contributed by atoms with Gasteiger partial charge >= 0.3 is 0 Å². The Kier molecular flexibility index (Phi) is 3.69. The van der Waals surface area contributed by atoms with Crippen molar-refractivity contribution in [1.82, 2.24) is 0 Å². The van der Waals surface area contributed by atoms with Crippen LogP contribution >= 0.6 is 0 Å². The Labute approximate surface area is 73.9 Å². The molecule has 0 saturated carbocycles. The highest BCUT2D eigenvalue weighted by Gasteiger charge is 2.24. The summed E-state index contributed by atoms with van der Waals surface area (Å²) in [6, 6.07) is 2.01. The van der Waals surface area contributed by atoms with Crippen LogP contribution in [-0.2, 0) is 4.79 Å². The lowest BCUT2D eigenvalue weighted by Gasteiger charge is -2.16. The first-order valence-electron chi connectivity index (χ1n) is 3.96. The summed E-state index contributed by atoms with van der Waals surface area (Å²) in [5.74, 6) is 0.0315. The fraction of sp³-hybridized carbons (Fsp3) is 0.600. The average molecular weight is 165 g/mol. The quantitative estimate of drug-likeness (QED) is 0.603. The van der Waals surface area contributed by atoms with Gasteiger partial charge in [0.2, 0.25) is 0 Å². The van der Waals surface area contributed by atoms with Crippen LogP contribution in [0.4, 0.5) is 0 Å². The van der Waals surface area contributed by atoms with Gasteiger partial charge in [0, 0.05) is 11.8 Å². The van der Waals surface area contributed by atoms with Gasteiger partial charge in [-0.2, -0.15) is 5.26 Å². The van der Waals surface area contributed by atoms with Crippen molar-refractivity contribution in [2.75, 3.05) is 0 Å². The monoisotopic (exact) mass is 165 g/mol. The van der Waals surface area contributed by atoms with Crippen molar-refractivity contribution in [3.63, 3.8) is 0 Å². The molecule has 0 saturated heterocycles. The molecule has 0 radical (unpaired) electrons. The summed E-state index contributed by atoms with van der Waals surface area (Å²) < 4.78 is 0. The van der Waals surface area contributed by atoms with Crippen LogP contribution in [0.3, 0.4) is 0 Å². The number of allylic oxidation sites excluding steroid dienone is 2. The molecule has 0 aliphatic heterocycles. The van der Waals surface area contributed by atoms with E-state index in [9.17, 15) is 4.79 Å². The Bertz CT molecular complexity index is 239. The van der Waals surface area contributed by atoms with Crippen molar-refractivity contribution in [1.29, 1.82) is 5.26 Å². The van der Waals surface area contributed by atoms with Crippen LogP contribution in [-0.4, -0.2) is 5.78 Å². The van der Waals surface area contributed by atoms with E-state index in [0.29, 0.717) is 0 Å². The highest BCUT2D eigenvalue weighted by Crippen LogP contribution is 2.21. The van der Waals surface area contributed by atoms with E-state index in [2.05, 4.69) is 0 Å². The van der Waals surface area contributed by atoms with Gasteiger partial charge in [-0.15, -0.1) is 0 Å². The zero-order valence-corrected chi connectivity index (χ0v) is 8.14. The second kappa shape index (κ2) is 4.06. The number of hydrogen-bond acceptors (Lipinski definition) is 2. The molecule has 66 valence electrons. The Morgan fingerprint density at radius 3 is 2.33 bits per heavy atom. The minimum Gasteiger partial charge on any atom is -0.294 e. The van der Waals surface area contributed by atoms with Crippen LogP contribution in [0.2, 0.25) is 0 Å². The van der Waals surface area contributed by atoms with Gasteiger partial charge in [0.05, 0.1) is 6.07 Å². The molecule has 0 aliphatic rings. The van der Waals surface area contributed by atoms with E-state index >= 15 is 0 Å². The van der Waals surface area contributed by atoms with Gasteiger partial charge in [-0.25, -0.2) is 0 Å². The van der Waals surface area contributed by atoms with Crippen LogP contribution in [0.25, 0.3) is 0 Å². The Morgan fingerprint density at radius 1 is 1.50 bits per heavy atom. The third-order valence-corrected chi connectivity index (χ3v) is 1.61. The summed E-state index contributed by atoms with van der Waals surface area (Å²) >= 11 is 0. The van der Waals surface area contributed by atoms with E-state index in [1.54, 1.807) is 19.9 Å². The molecule has 0 aromatic carbocycles. The predicted octanol–water partition coefficient (Wildman–Crippen LogP) is 2.46. The fourth-order valence-electron chi connectivity index (χ4n) is 0.742. The maximum absolute atomic E-state index is 11.4. The molecule has 0 unspecified atom stereocenters. The molecule has 0 fully saturated rings. The largest absolute Gasteiger partial charge is 0.294 e. The third-order valence-electron chi connectivity index (χ3n) is 1.61. The number of rotatable bonds is 3. The summed E-state index contributed by atoms with van der Waals surface area (Å²) in [5, 5.41) is 8.46. The summed E-state index contributed by atoms with van der Waals surface area (Å²) in [4.78, 5) is 11.4. The number of carbonyl (C=O) groups is 1. The van der Waals surface area contributed by atoms with E-state index in [4.69, 9.17) is 5.26 Å². The maximum Gasteiger partial charge on any atom is 0.162 e. The van der Waals surface area contributed by atoms with Gasteiger partial charge in [0.1, 0.15) is 0 Å². The molecular weight excluding hydrogens is 150 g/mol. The van der Waals surface area contributed by atoms with Gasteiger partial charge in [-0.1, -0.05) is 19.4 Å². The van der Waals surface area contributed by atoms with Crippen LogP contribution < -0.4 is 0 Å². The molecule has 0 amide bonds. The van der Waals surface area contributed by atoms with Gasteiger partial charge in [-0.05, 0) is 19.9 Å². The smallest absolute Gasteiger partial charge is 0.162 e. The predicted molar refractivity (Wildman–Crippen MR) is 48.4 cm³/mol. The highest BCUT2D eigenvalue weighted by atomic mass is 16.1. The fourth-order valence-corrected chi connectivity index (χ4v) is 0.742. The normalized spacial score (nSPS) is 10.2. The maximum atomic E-state index is 11.4. The van der Waals surface area contributed by atoms with Crippen LogP contribution in [0, 0.1) is 16.7 Å². The zero-order valence-electron chi connectivity index (χ0n) is 8.14. The van der Waals surface area contributed by atoms with Crippen molar-refractivity contribution in [2.24, 2.45) is 5.41 Å². The van der Waals surface area contributed by atoms with Gasteiger partial charge in [0.25, 0.3) is 0 Å².